The minimum atomic E-state index is -4.74. The molecule has 0 radical (unpaired) electrons. The van der Waals surface area contributed by atoms with Gasteiger partial charge < -0.3 is 9.09 Å². The molecule has 130 valence electrons. The Morgan fingerprint density at radius 3 is 2.60 bits per heavy atom. The number of aryl methyl sites for hydroxylation is 2. The minimum Gasteiger partial charge on any atom is -0.329 e. The number of hydrogen-bond donors (Lipinski definition) is 0. The lowest BCUT2D eigenvalue weighted by Gasteiger charge is -2.06. The van der Waals surface area contributed by atoms with Gasteiger partial charge in [0.15, 0.2) is 0 Å². The largest absolute Gasteiger partial charge is 0.471 e. The van der Waals surface area contributed by atoms with E-state index < -0.39 is 17.6 Å². The average molecular weight is 353 g/mol. The quantitative estimate of drug-likeness (QED) is 0.675. The number of halogens is 4. The van der Waals surface area contributed by atoms with Crippen molar-refractivity contribution in [1.29, 1.82) is 0 Å². The Morgan fingerprint density at radius 2 is 1.96 bits per heavy atom. The van der Waals surface area contributed by atoms with Gasteiger partial charge in [0, 0.05) is 24.4 Å². The zero-order valence-electron chi connectivity index (χ0n) is 12.6. The van der Waals surface area contributed by atoms with Gasteiger partial charge >= 0.3 is 12.1 Å². The van der Waals surface area contributed by atoms with Crippen LogP contribution in [0.15, 0.2) is 51.9 Å². The van der Waals surface area contributed by atoms with Crippen molar-refractivity contribution in [3.8, 4) is 11.4 Å². The molecular weight excluding hydrogens is 342 g/mol. The second-order valence-corrected chi connectivity index (χ2v) is 5.25. The highest BCUT2D eigenvalue weighted by molar-refractivity contribution is 5.52. The third-order valence-electron chi connectivity index (χ3n) is 3.45. The lowest BCUT2D eigenvalue weighted by Crippen LogP contribution is -2.19. The maximum Gasteiger partial charge on any atom is 0.471 e. The fourth-order valence-corrected chi connectivity index (χ4v) is 2.23. The predicted octanol–water partition coefficient (Wildman–Crippen LogP) is 3.30. The summed E-state index contributed by atoms with van der Waals surface area (Å²) in [5.41, 5.74) is 0.405. The van der Waals surface area contributed by atoms with E-state index in [1.165, 1.54) is 29.0 Å². The summed E-state index contributed by atoms with van der Waals surface area (Å²) in [4.78, 5) is 15.3. The van der Waals surface area contributed by atoms with Gasteiger partial charge in [-0.15, -0.1) is 0 Å². The van der Waals surface area contributed by atoms with Crippen LogP contribution in [0.1, 0.15) is 11.5 Å². The third kappa shape index (κ3) is 3.93. The van der Waals surface area contributed by atoms with Gasteiger partial charge in [-0.1, -0.05) is 17.3 Å². The molecule has 0 unspecified atom stereocenters. The SMILES string of the molecule is O=c1cc(-c2noc(C(F)(F)F)n2)ccn1CCc1cccc(F)c1. The number of rotatable bonds is 4. The molecule has 0 saturated carbocycles. The Kier molecular flexibility index (Phi) is 4.39. The maximum absolute atomic E-state index is 13.1. The van der Waals surface area contributed by atoms with Crippen LogP contribution in [0.4, 0.5) is 17.6 Å². The molecule has 0 aliphatic carbocycles. The first kappa shape index (κ1) is 16.9. The van der Waals surface area contributed by atoms with Crippen molar-refractivity contribution >= 4 is 0 Å². The van der Waals surface area contributed by atoms with E-state index in [0.29, 0.717) is 13.0 Å². The minimum absolute atomic E-state index is 0.117. The van der Waals surface area contributed by atoms with Crippen LogP contribution in [0.25, 0.3) is 11.4 Å². The third-order valence-corrected chi connectivity index (χ3v) is 3.45. The van der Waals surface area contributed by atoms with E-state index in [4.69, 9.17) is 0 Å². The van der Waals surface area contributed by atoms with Gasteiger partial charge in [0.25, 0.3) is 5.56 Å². The van der Waals surface area contributed by atoms with Crippen molar-refractivity contribution in [2.45, 2.75) is 19.1 Å². The predicted molar refractivity (Wildman–Crippen MR) is 79.1 cm³/mol. The van der Waals surface area contributed by atoms with E-state index in [1.807, 2.05) is 0 Å². The van der Waals surface area contributed by atoms with Gasteiger partial charge in [0.2, 0.25) is 5.82 Å². The molecule has 0 amide bonds. The molecule has 2 aromatic heterocycles. The van der Waals surface area contributed by atoms with Crippen molar-refractivity contribution in [1.82, 2.24) is 14.7 Å². The molecule has 0 atom stereocenters. The van der Waals surface area contributed by atoms with Gasteiger partial charge in [0.05, 0.1) is 0 Å². The number of aromatic nitrogens is 3. The average Bonchev–Trinajstić information content (AvgIpc) is 3.04. The molecule has 3 rings (SSSR count). The Bertz CT molecular complexity index is 947. The van der Waals surface area contributed by atoms with Gasteiger partial charge in [-0.2, -0.15) is 18.2 Å². The summed E-state index contributed by atoms with van der Waals surface area (Å²) >= 11 is 0. The number of nitrogens with zero attached hydrogens (tertiary/aromatic N) is 3. The summed E-state index contributed by atoms with van der Waals surface area (Å²) in [6.07, 6.45) is -2.90. The standard InChI is InChI=1S/C16H11F4N3O2/c17-12-3-1-2-10(8-12)4-6-23-7-5-11(9-13(23)24)14-21-15(25-22-14)16(18,19)20/h1-3,5,7-9H,4,6H2. The van der Waals surface area contributed by atoms with Crippen LogP contribution < -0.4 is 5.56 Å². The first-order valence-corrected chi connectivity index (χ1v) is 7.19. The van der Waals surface area contributed by atoms with Crippen LogP contribution in [-0.2, 0) is 19.1 Å². The molecule has 0 aliphatic heterocycles. The van der Waals surface area contributed by atoms with Gasteiger partial charge in [-0.3, -0.25) is 4.79 Å². The Hall–Kier alpha value is -2.97. The highest BCUT2D eigenvalue weighted by atomic mass is 19.4. The fraction of sp³-hybridized carbons (Fsp3) is 0.188. The van der Waals surface area contributed by atoms with E-state index in [2.05, 4.69) is 14.7 Å². The van der Waals surface area contributed by atoms with Crippen LogP contribution in [0.2, 0.25) is 0 Å². The summed E-state index contributed by atoms with van der Waals surface area (Å²) < 4.78 is 56.0. The van der Waals surface area contributed by atoms with Crippen molar-refractivity contribution in [2.24, 2.45) is 0 Å². The Balaban J connectivity index is 1.77. The van der Waals surface area contributed by atoms with Crippen LogP contribution in [0.3, 0.4) is 0 Å². The van der Waals surface area contributed by atoms with Gasteiger partial charge in [-0.05, 0) is 30.2 Å². The number of hydrogen-bond acceptors (Lipinski definition) is 4. The van der Waals surface area contributed by atoms with Crippen molar-refractivity contribution in [2.75, 3.05) is 0 Å². The summed E-state index contributed by atoms with van der Waals surface area (Å²) in [7, 11) is 0. The van der Waals surface area contributed by atoms with E-state index in [1.54, 1.807) is 12.1 Å². The molecule has 2 heterocycles. The van der Waals surface area contributed by atoms with Crippen molar-refractivity contribution < 1.29 is 22.1 Å². The van der Waals surface area contributed by atoms with E-state index in [-0.39, 0.29) is 17.2 Å². The molecule has 1 aromatic carbocycles. The fourth-order valence-electron chi connectivity index (χ4n) is 2.23. The van der Waals surface area contributed by atoms with Crippen LogP contribution in [0.5, 0.6) is 0 Å². The smallest absolute Gasteiger partial charge is 0.329 e. The molecule has 0 aliphatic rings. The molecular formula is C16H11F4N3O2. The molecule has 0 saturated heterocycles. The van der Waals surface area contributed by atoms with Crippen molar-refractivity contribution in [3.05, 3.63) is 70.2 Å². The first-order chi connectivity index (χ1) is 11.8. The number of alkyl halides is 3. The number of benzene rings is 1. The molecule has 9 heteroatoms. The summed E-state index contributed by atoms with van der Waals surface area (Å²) in [5.74, 6) is -2.16. The second kappa shape index (κ2) is 6.50. The van der Waals surface area contributed by atoms with Gasteiger partial charge in [0.1, 0.15) is 5.82 Å². The molecule has 0 fully saturated rings. The van der Waals surface area contributed by atoms with E-state index in [9.17, 15) is 22.4 Å². The topological polar surface area (TPSA) is 60.9 Å². The molecule has 0 N–H and O–H groups in total. The highest BCUT2D eigenvalue weighted by Crippen LogP contribution is 2.29. The van der Waals surface area contributed by atoms with Crippen molar-refractivity contribution in [3.63, 3.8) is 0 Å². The number of pyridine rings is 1. The lowest BCUT2D eigenvalue weighted by atomic mass is 10.1. The van der Waals surface area contributed by atoms with Gasteiger partial charge in [-0.25, -0.2) is 4.39 Å². The Labute approximate surface area is 138 Å². The normalized spacial score (nSPS) is 11.7. The van der Waals surface area contributed by atoms with Crippen LogP contribution >= 0.6 is 0 Å². The zero-order chi connectivity index (χ0) is 18.0. The van der Waals surface area contributed by atoms with E-state index >= 15 is 0 Å². The molecule has 0 bridgehead atoms. The molecule has 0 spiro atoms. The summed E-state index contributed by atoms with van der Waals surface area (Å²) in [5, 5.41) is 3.23. The maximum atomic E-state index is 13.1. The van der Waals surface area contributed by atoms with Crippen LogP contribution in [-0.4, -0.2) is 14.7 Å². The second-order valence-electron chi connectivity index (χ2n) is 5.25. The monoisotopic (exact) mass is 353 g/mol. The first-order valence-electron chi connectivity index (χ1n) is 7.19. The molecule has 5 nitrogen and oxygen atoms in total. The highest BCUT2D eigenvalue weighted by Gasteiger charge is 2.38. The molecule has 25 heavy (non-hydrogen) atoms. The summed E-state index contributed by atoms with van der Waals surface area (Å²) in [6.45, 7) is 0.294. The van der Waals surface area contributed by atoms with E-state index in [0.717, 1.165) is 11.6 Å². The molecule has 3 aromatic rings. The summed E-state index contributed by atoms with van der Waals surface area (Å²) in [6, 6.07) is 8.54. The zero-order valence-corrected chi connectivity index (χ0v) is 12.6. The Morgan fingerprint density at radius 1 is 1.16 bits per heavy atom. The van der Waals surface area contributed by atoms with Crippen LogP contribution in [0, 0.1) is 5.82 Å². The lowest BCUT2D eigenvalue weighted by molar-refractivity contribution is -0.159.